The van der Waals surface area contributed by atoms with Gasteiger partial charge >= 0.3 is 6.09 Å². The topological polar surface area (TPSA) is 95.1 Å². The van der Waals surface area contributed by atoms with Crippen LogP contribution in [-0.2, 0) is 1110 Å². The van der Waals surface area contributed by atoms with Crippen molar-refractivity contribution >= 4 is 44.8 Å². The van der Waals surface area contributed by atoms with E-state index in [0.717, 1.165) is 98.5 Å². The third kappa shape index (κ3) is 93.2. The molecule has 11 nitrogen and oxygen atoms in total. The molecule has 0 bridgehead atoms. The van der Waals surface area contributed by atoms with Gasteiger partial charge in [-0.05, 0) is 264 Å². The van der Waals surface area contributed by atoms with Crippen molar-refractivity contribution < 1.29 is 1110 Å². The summed E-state index contributed by atoms with van der Waals surface area (Å²) >= 11 is 0. The molecule has 10 aromatic rings. The maximum absolute atomic E-state index is 12.3. The summed E-state index contributed by atoms with van der Waals surface area (Å²) in [5.41, 5.74) is 20.8. The molecule has 9 aromatic carbocycles. The Hall–Kier alpha value is 26.9. The fourth-order valence-corrected chi connectivity index (χ4v) is 14.3. The van der Waals surface area contributed by atoms with Crippen LogP contribution in [0.3, 0.4) is 0 Å². The Morgan fingerprint density at radius 3 is 1.05 bits per heavy atom. The van der Waals surface area contributed by atoms with Crippen molar-refractivity contribution in [3.05, 3.63) is 261 Å². The third-order valence-electron chi connectivity index (χ3n) is 21.5. The van der Waals surface area contributed by atoms with E-state index in [-0.39, 0.29) is 1090 Å². The van der Waals surface area contributed by atoms with Crippen LogP contribution in [0.1, 0.15) is 285 Å². The molecule has 0 N–H and O–H groups in total. The molecule has 7 heterocycles. The fourth-order valence-electron chi connectivity index (χ4n) is 14.3. The number of rotatable bonds is 8. The number of hydrogen-bond acceptors (Lipinski definition) is 10. The van der Waals surface area contributed by atoms with Crippen LogP contribution in [-0.4, -0.2) is 83.4 Å². The van der Waals surface area contributed by atoms with Gasteiger partial charge in [-0.15, -0.1) is 0 Å². The molecular formula is C105H141N4O7Y33-. The van der Waals surface area contributed by atoms with Crippen LogP contribution in [0.4, 0.5) is 21.9 Å². The summed E-state index contributed by atoms with van der Waals surface area (Å²) in [6, 6.07) is 64.9. The quantitative estimate of drug-likeness (QED) is 0.137. The van der Waals surface area contributed by atoms with E-state index in [0.29, 0.717) is 60.6 Å². The first kappa shape index (κ1) is 240. The van der Waals surface area contributed by atoms with Crippen LogP contribution in [0, 0.1) is 6.42 Å². The first-order valence-electron chi connectivity index (χ1n) is 43.3. The summed E-state index contributed by atoms with van der Waals surface area (Å²) in [5.74, 6) is 9.67. The Bertz CT molecular complexity index is 4490. The maximum Gasteiger partial charge on any atom is 0.414 e. The molecule has 44 heteroatoms. The molecular weight excluding hydrogens is 4360 g/mol. The number of likely N-dealkylation sites (N-methyl/N-ethyl adjacent to an activating group) is 1. The fraction of sp³-hybridized carbons (Fsp3) is 0.457. The van der Waals surface area contributed by atoms with Gasteiger partial charge in [0.15, 0.2) is 11.5 Å². The van der Waals surface area contributed by atoms with Crippen molar-refractivity contribution in [1.29, 1.82) is 0 Å². The second-order valence-electron chi connectivity index (χ2n) is 35.0. The maximum atomic E-state index is 12.3. The predicted molar refractivity (Wildman–Crippen MR) is 494 cm³/mol. The van der Waals surface area contributed by atoms with Gasteiger partial charge in [0.1, 0.15) is 42.7 Å². The van der Waals surface area contributed by atoms with Gasteiger partial charge in [0, 0.05) is 1120 Å². The number of carbonyl (C=O) groups excluding carboxylic acids is 1. The van der Waals surface area contributed by atoms with Crippen molar-refractivity contribution in [1.82, 2.24) is 4.98 Å². The summed E-state index contributed by atoms with van der Waals surface area (Å²) in [5, 5.41) is 3.90. The molecule has 6 aliphatic rings. The standard InChI is InChI=1S/C17H25NO2.C13H19N.C13H14.C12H17NO.C12H13N.2C12H16O.C11H14O2.C3H7.33Y/c1-12(2)13-8-9-15-14(11-13)7-6-10-18(15)16(19)20-17(3,4)5;1-10(2)11-6-7-13-12(9-11)5-4-8-14(13)3;1-10(2)12-8-7-11-5-3-4-6-13(11)9-12;1-9(2)10-4-5-11-12(8-10)14-7-6-13(11)3;2*1-9(2)10-5-6-12-11(8-10)4-3-7-13-12;1-9(2)11-6-5-10-4-3-7-13-12(10)8-11;1-8(2)9-3-4-10-11(7-9)13-6-5-12-10;1-3-2;;;;;;;;;;;;;;;;;;;;;;;;;;;;;;;;;/h8-9,11-12H,6-7,10H2,1-5H3;6-7,9-10H,4-5,8H2,1-3H3;3-10H,1-2H3;4-5,8-9H,6-7H2,1-3H3;3-9H,1-2H3;2*5-6,8-9H,3-4,7H2,1-2H3;3-4,7-8H,5-6H2,1-2H3;3H,1-2H3;;;;;;;;;;;;;;;;;;;;;;;;;;;;;;;;;/q;;;;;;;;-1;;;;;;;;;;;;;;;;;;;;;;;;;;;;;;;;;. The number of amides is 1. The zero-order valence-corrected chi connectivity index (χ0v) is 188. The first-order valence-corrected chi connectivity index (χ1v) is 43.3. The number of anilines is 3. The molecule has 16 rings (SSSR count). The smallest absolute Gasteiger partial charge is 0.414 e. The zero-order valence-electron chi connectivity index (χ0n) is 94.1. The number of aryl methyl sites for hydroxylation is 4. The van der Waals surface area contributed by atoms with Gasteiger partial charge in [-0.2, -0.15) is 13.8 Å². The molecule has 33 radical (unpaired) electrons. The summed E-state index contributed by atoms with van der Waals surface area (Å²) < 4.78 is 33.2. The predicted octanol–water partition coefficient (Wildman–Crippen LogP) is 27.6. The van der Waals surface area contributed by atoms with Crippen LogP contribution in [0.5, 0.6) is 28.7 Å². The van der Waals surface area contributed by atoms with Crippen LogP contribution >= 0.6 is 0 Å². The molecule has 723 valence electrons. The van der Waals surface area contributed by atoms with E-state index < -0.39 is 5.60 Å². The minimum atomic E-state index is -0.452. The van der Waals surface area contributed by atoms with Crippen LogP contribution in [0.15, 0.2) is 188 Å². The van der Waals surface area contributed by atoms with Crippen molar-refractivity contribution in [2.75, 3.05) is 81.5 Å². The molecule has 0 saturated carbocycles. The second kappa shape index (κ2) is 138. The third-order valence-corrected chi connectivity index (χ3v) is 21.5. The Morgan fingerprint density at radius 2 is 0.591 bits per heavy atom. The van der Waals surface area contributed by atoms with Gasteiger partial charge in [0.2, 0.25) is 0 Å². The van der Waals surface area contributed by atoms with Gasteiger partial charge in [0.05, 0.1) is 36.6 Å². The van der Waals surface area contributed by atoms with Crippen molar-refractivity contribution in [3.8, 4) is 28.7 Å². The summed E-state index contributed by atoms with van der Waals surface area (Å²) in [6.45, 7) is 51.9. The molecule has 0 fully saturated rings. The molecule has 0 atom stereocenters. The average molecular weight is 4510 g/mol. The number of fused-ring (bicyclic) bond motifs is 8. The van der Waals surface area contributed by atoms with Crippen molar-refractivity contribution in [2.45, 2.75) is 250 Å². The molecule has 0 aliphatic carbocycles. The normalized spacial score (nSPS) is 11.0. The number of carbonyl (C=O) groups is 1. The van der Waals surface area contributed by atoms with Gasteiger partial charge in [-0.1, -0.05) is 226 Å². The zero-order chi connectivity index (χ0) is 84.2. The Morgan fingerprint density at radius 1 is 0.282 bits per heavy atom. The van der Waals surface area contributed by atoms with Crippen LogP contribution in [0.25, 0.3) is 21.7 Å². The monoisotopic (exact) mass is 4500 g/mol. The molecule has 149 heavy (non-hydrogen) atoms. The SMILES string of the molecule is CC(C)c1ccc2c(c1)CCCN2C.CC(C)c1ccc2c(c1)CCCN2C(=O)OC(C)(C)C.CC(C)c1ccc2c(c1)CCCO2.CC(C)c1ccc2c(c1)OCCC2.CC(C)c1ccc2c(c1)OCCN2C.CC(C)c1ccc2c(c1)OCCO2.CC(C)c1ccc2ccccc2c1.CC(C)c1ccc2ncccc2c1.C[CH-]C.[Y].[Y].[Y].[Y].[Y].[Y].[Y].[Y].[Y].[Y].[Y].[Y].[Y].[Y].[Y].[Y].[Y].[Y].[Y].[Y].[Y].[Y].[Y].[Y].[Y].[Y].[Y].[Y].[Y].[Y].[Y].[Y].[Y]. The Balaban J connectivity index is -0.0000000468. The molecule has 0 unspecified atom stereocenters. The van der Waals surface area contributed by atoms with E-state index >= 15 is 0 Å². The van der Waals surface area contributed by atoms with Gasteiger partial charge in [0.25, 0.3) is 0 Å². The molecule has 1 amide bonds. The van der Waals surface area contributed by atoms with E-state index in [1.165, 1.54) is 127 Å². The Labute approximate surface area is 1740 Å². The summed E-state index contributed by atoms with van der Waals surface area (Å²) in [7, 11) is 4.30. The van der Waals surface area contributed by atoms with Gasteiger partial charge in [-0.25, -0.2) is 4.79 Å². The number of pyridine rings is 1. The van der Waals surface area contributed by atoms with Crippen molar-refractivity contribution in [2.24, 2.45) is 0 Å². The van der Waals surface area contributed by atoms with Crippen LogP contribution < -0.4 is 38.4 Å². The number of aromatic nitrogens is 1. The van der Waals surface area contributed by atoms with E-state index in [1.54, 1.807) is 4.90 Å². The summed E-state index contributed by atoms with van der Waals surface area (Å²) in [6.07, 6.45) is 12.8. The van der Waals surface area contributed by atoms with Crippen molar-refractivity contribution in [3.63, 3.8) is 0 Å². The molecule has 0 saturated heterocycles. The van der Waals surface area contributed by atoms with E-state index in [1.807, 2.05) is 59.4 Å². The average Bonchev–Trinajstić information content (AvgIpc) is 0.784. The van der Waals surface area contributed by atoms with E-state index in [2.05, 4.69) is 310 Å². The van der Waals surface area contributed by atoms with Crippen LogP contribution in [0.2, 0.25) is 0 Å². The molecule has 1 aromatic heterocycles. The number of nitrogens with zero attached hydrogens (tertiary/aromatic N) is 4. The second-order valence-corrected chi connectivity index (χ2v) is 35.0. The van der Waals surface area contributed by atoms with E-state index in [4.69, 9.17) is 28.4 Å². The Kier molecular flexibility index (Phi) is 222. The minimum absolute atomic E-state index is 0. The number of benzene rings is 9. The number of hydrogen-bond donors (Lipinski definition) is 0. The summed E-state index contributed by atoms with van der Waals surface area (Å²) in [4.78, 5) is 23.0. The minimum Gasteiger partial charge on any atom is -0.493 e. The van der Waals surface area contributed by atoms with Gasteiger partial charge < -0.3 is 44.6 Å². The first-order chi connectivity index (χ1) is 55.4. The number of ether oxygens (including phenoxy) is 6. The van der Waals surface area contributed by atoms with Gasteiger partial charge in [-0.3, -0.25) is 9.88 Å². The molecule has 6 aliphatic heterocycles. The molecule has 0 spiro atoms. The van der Waals surface area contributed by atoms with E-state index in [9.17, 15) is 4.79 Å². The largest absolute Gasteiger partial charge is 0.493 e.